The van der Waals surface area contributed by atoms with E-state index in [0.717, 1.165) is 41.8 Å². The van der Waals surface area contributed by atoms with Gasteiger partial charge in [-0.25, -0.2) is 4.98 Å². The number of carbonyl (C=O) groups is 1. The van der Waals surface area contributed by atoms with Gasteiger partial charge in [0.15, 0.2) is 5.65 Å². The maximum Gasteiger partial charge on any atom is 0.272 e. The first-order valence-corrected chi connectivity index (χ1v) is 14.7. The number of hydrogen-bond donors (Lipinski definition) is 1. The molecule has 6 rings (SSSR count). The molecule has 1 N–H and O–H groups in total. The Morgan fingerprint density at radius 2 is 1.93 bits per heavy atom. The fraction of sp³-hybridized carbons (Fsp3) is 0.406. The van der Waals surface area contributed by atoms with Crippen molar-refractivity contribution in [2.24, 2.45) is 0 Å². The molecule has 0 radical (unpaired) electrons. The summed E-state index contributed by atoms with van der Waals surface area (Å²) in [5, 5.41) is 10.7. The largest absolute Gasteiger partial charge is 0.496 e. The van der Waals surface area contributed by atoms with Crippen LogP contribution in [0.2, 0.25) is 0 Å². The van der Waals surface area contributed by atoms with Crippen molar-refractivity contribution in [2.75, 3.05) is 56.8 Å². The van der Waals surface area contributed by atoms with Gasteiger partial charge in [-0.1, -0.05) is 6.07 Å². The van der Waals surface area contributed by atoms with E-state index >= 15 is 0 Å². The number of piperidine rings is 1. The van der Waals surface area contributed by atoms with Gasteiger partial charge in [-0.15, -0.1) is 0 Å². The second-order valence-corrected chi connectivity index (χ2v) is 11.1. The lowest BCUT2D eigenvalue weighted by molar-refractivity contribution is 0.0707. The molecule has 2 aliphatic heterocycles. The molecule has 1 unspecified atom stereocenters. The van der Waals surface area contributed by atoms with Crippen LogP contribution in [-0.2, 0) is 11.3 Å². The van der Waals surface area contributed by atoms with Crippen LogP contribution in [0.5, 0.6) is 5.75 Å². The summed E-state index contributed by atoms with van der Waals surface area (Å²) in [6.45, 7) is 5.26. The first-order valence-electron chi connectivity index (χ1n) is 14.7. The van der Waals surface area contributed by atoms with E-state index in [1.807, 2.05) is 54.4 Å². The van der Waals surface area contributed by atoms with Crippen LogP contribution in [0.1, 0.15) is 35.8 Å². The number of aromatic nitrogens is 4. The monoisotopic (exact) mass is 583 g/mol. The van der Waals surface area contributed by atoms with E-state index in [4.69, 9.17) is 24.4 Å². The molecule has 1 amide bonds. The van der Waals surface area contributed by atoms with Gasteiger partial charge < -0.3 is 29.3 Å². The zero-order chi connectivity index (χ0) is 29.9. The molecule has 0 saturated carbocycles. The number of aliphatic hydroxyl groups excluding tert-OH is 1. The van der Waals surface area contributed by atoms with Gasteiger partial charge in [-0.05, 0) is 62.2 Å². The predicted octanol–water partition coefficient (Wildman–Crippen LogP) is 3.55. The van der Waals surface area contributed by atoms with Crippen molar-refractivity contribution in [1.82, 2.24) is 24.8 Å². The van der Waals surface area contributed by atoms with Crippen molar-refractivity contribution in [3.8, 4) is 17.0 Å². The van der Waals surface area contributed by atoms with E-state index in [9.17, 15) is 9.90 Å². The Hall–Kier alpha value is -4.35. The van der Waals surface area contributed by atoms with Gasteiger partial charge >= 0.3 is 0 Å². The fourth-order valence-electron chi connectivity index (χ4n) is 5.89. The second kappa shape index (κ2) is 12.5. The number of likely N-dealkylation sites (tertiary alicyclic amines) is 1. The van der Waals surface area contributed by atoms with Gasteiger partial charge in [0.1, 0.15) is 17.3 Å². The Balaban J connectivity index is 1.32. The molecule has 3 aromatic heterocycles. The van der Waals surface area contributed by atoms with Crippen LogP contribution < -0.4 is 14.5 Å². The fourth-order valence-corrected chi connectivity index (χ4v) is 5.89. The molecule has 2 aliphatic rings. The van der Waals surface area contributed by atoms with Crippen LogP contribution in [0, 0.1) is 0 Å². The van der Waals surface area contributed by atoms with E-state index in [1.165, 1.54) is 0 Å². The Morgan fingerprint density at radius 1 is 1.09 bits per heavy atom. The summed E-state index contributed by atoms with van der Waals surface area (Å²) in [7, 11) is 3.61. The number of amides is 1. The maximum atomic E-state index is 12.9. The molecule has 4 aromatic rings. The number of carbonyl (C=O) groups excluding carboxylic acids is 1. The molecule has 0 spiro atoms. The van der Waals surface area contributed by atoms with E-state index in [1.54, 1.807) is 19.4 Å². The molecule has 0 bridgehead atoms. The number of hydrogen-bond acceptors (Lipinski definition) is 10. The Labute approximate surface area is 251 Å². The lowest BCUT2D eigenvalue weighted by atomic mass is 10.0. The second-order valence-electron chi connectivity index (χ2n) is 11.1. The minimum atomic E-state index is -0.132. The number of methoxy groups -OCH3 is 1. The van der Waals surface area contributed by atoms with Crippen LogP contribution in [0.3, 0.4) is 0 Å². The first kappa shape index (κ1) is 28.8. The van der Waals surface area contributed by atoms with E-state index in [2.05, 4.69) is 21.7 Å². The van der Waals surface area contributed by atoms with Crippen LogP contribution in [0.15, 0.2) is 54.7 Å². The summed E-state index contributed by atoms with van der Waals surface area (Å²) in [5.74, 6) is 2.04. The van der Waals surface area contributed by atoms with Gasteiger partial charge in [-0.2, -0.15) is 9.97 Å². The number of aliphatic hydroxyl groups is 1. The van der Waals surface area contributed by atoms with E-state index in [-0.39, 0.29) is 24.6 Å². The lowest BCUT2D eigenvalue weighted by Gasteiger charge is -2.38. The molecular weight excluding hydrogens is 546 g/mol. The van der Waals surface area contributed by atoms with Crippen LogP contribution in [0.4, 0.5) is 11.8 Å². The van der Waals surface area contributed by atoms with Crippen LogP contribution in [-0.4, -0.2) is 94.9 Å². The molecule has 1 atom stereocenters. The number of fused-ring (bicyclic) bond motifs is 1. The zero-order valence-corrected chi connectivity index (χ0v) is 24.8. The Bertz CT molecular complexity index is 1590. The van der Waals surface area contributed by atoms with E-state index in [0.29, 0.717) is 54.9 Å². The van der Waals surface area contributed by atoms with Crippen molar-refractivity contribution in [2.45, 2.75) is 38.5 Å². The molecule has 5 heterocycles. The molecule has 11 nitrogen and oxygen atoms in total. The summed E-state index contributed by atoms with van der Waals surface area (Å²) < 4.78 is 11.1. The highest BCUT2D eigenvalue weighted by atomic mass is 16.5. The highest BCUT2D eigenvalue weighted by molar-refractivity contribution is 5.92. The maximum absolute atomic E-state index is 12.9. The number of nitrogens with zero attached hydrogens (tertiary/aromatic N) is 7. The molecule has 224 valence electrons. The van der Waals surface area contributed by atoms with Crippen molar-refractivity contribution >= 4 is 28.7 Å². The molecule has 2 saturated heterocycles. The number of morpholine rings is 1. The van der Waals surface area contributed by atoms with Gasteiger partial charge in [0, 0.05) is 50.0 Å². The topological polar surface area (TPSA) is 117 Å². The van der Waals surface area contributed by atoms with Crippen molar-refractivity contribution in [1.29, 1.82) is 0 Å². The molecule has 2 fully saturated rings. The standard InChI is InChI=1S/C32H37N7O4/c1-21-20-43-17-16-39(21)30-25-8-9-26(22-7-10-28(42-3)23(18-22)19-40)34-29(25)35-32(36-30)37(2)24-11-14-38(15-12-24)31(41)27-6-4-5-13-33-27/h4-10,13,18,21,24,40H,11-12,14-17,19-20H2,1-3H3. The average molecular weight is 584 g/mol. The van der Waals surface area contributed by atoms with Crippen molar-refractivity contribution in [3.63, 3.8) is 0 Å². The Kier molecular flexibility index (Phi) is 8.35. The quantitative estimate of drug-likeness (QED) is 0.346. The number of pyridine rings is 2. The van der Waals surface area contributed by atoms with E-state index < -0.39 is 0 Å². The predicted molar refractivity (Wildman–Crippen MR) is 164 cm³/mol. The summed E-state index contributed by atoms with van der Waals surface area (Å²) in [5.41, 5.74) is 3.39. The smallest absolute Gasteiger partial charge is 0.272 e. The highest BCUT2D eigenvalue weighted by Crippen LogP contribution is 2.32. The van der Waals surface area contributed by atoms with Gasteiger partial charge in [0.25, 0.3) is 5.91 Å². The molecule has 1 aromatic carbocycles. The third kappa shape index (κ3) is 5.82. The summed E-state index contributed by atoms with van der Waals surface area (Å²) in [6, 6.07) is 15.4. The average Bonchev–Trinajstić information content (AvgIpc) is 3.07. The summed E-state index contributed by atoms with van der Waals surface area (Å²) in [6.07, 6.45) is 3.24. The lowest BCUT2D eigenvalue weighted by Crippen LogP contribution is -2.47. The molecule has 11 heteroatoms. The molecule has 0 aliphatic carbocycles. The number of benzene rings is 1. The molecular formula is C32H37N7O4. The van der Waals surface area contributed by atoms with Gasteiger partial charge in [0.2, 0.25) is 5.95 Å². The first-order chi connectivity index (χ1) is 21.0. The number of anilines is 2. The zero-order valence-electron chi connectivity index (χ0n) is 24.8. The number of ether oxygens (including phenoxy) is 2. The van der Waals surface area contributed by atoms with Gasteiger partial charge in [0.05, 0.1) is 44.1 Å². The third-order valence-corrected chi connectivity index (χ3v) is 8.41. The highest BCUT2D eigenvalue weighted by Gasteiger charge is 2.30. The van der Waals surface area contributed by atoms with Gasteiger partial charge in [-0.3, -0.25) is 9.78 Å². The Morgan fingerprint density at radius 3 is 2.65 bits per heavy atom. The van der Waals surface area contributed by atoms with Crippen molar-refractivity contribution < 1.29 is 19.4 Å². The minimum absolute atomic E-state index is 0.0353. The summed E-state index contributed by atoms with van der Waals surface area (Å²) in [4.78, 5) is 38.5. The summed E-state index contributed by atoms with van der Waals surface area (Å²) >= 11 is 0. The number of rotatable bonds is 7. The normalized spacial score (nSPS) is 17.7. The molecule has 43 heavy (non-hydrogen) atoms. The third-order valence-electron chi connectivity index (χ3n) is 8.41. The van der Waals surface area contributed by atoms with Crippen LogP contribution >= 0.6 is 0 Å². The minimum Gasteiger partial charge on any atom is -0.496 e. The van der Waals surface area contributed by atoms with Crippen molar-refractivity contribution in [3.05, 3.63) is 66.0 Å². The van der Waals surface area contributed by atoms with Crippen LogP contribution in [0.25, 0.3) is 22.3 Å². The SMILES string of the molecule is COc1ccc(-c2ccc3c(N4CCOCC4C)nc(N(C)C4CCN(C(=O)c5ccccn5)CC4)nc3n2)cc1CO.